The minimum absolute atomic E-state index is 0.325. The predicted molar refractivity (Wildman–Crippen MR) is 66.2 cm³/mol. The summed E-state index contributed by atoms with van der Waals surface area (Å²) in [6.07, 6.45) is 4.73. The van der Waals surface area contributed by atoms with E-state index in [0.717, 1.165) is 37.6 Å². The van der Waals surface area contributed by atoms with Crippen LogP contribution in [0, 0.1) is 0 Å². The van der Waals surface area contributed by atoms with E-state index >= 15 is 0 Å². The van der Waals surface area contributed by atoms with Gasteiger partial charge in [0.25, 0.3) is 0 Å². The van der Waals surface area contributed by atoms with E-state index in [1.165, 1.54) is 6.42 Å². The zero-order chi connectivity index (χ0) is 11.2. The first kappa shape index (κ1) is 11.4. The van der Waals surface area contributed by atoms with Gasteiger partial charge in [-0.2, -0.15) is 0 Å². The van der Waals surface area contributed by atoms with Crippen LogP contribution in [0.2, 0.25) is 0 Å². The molecule has 0 radical (unpaired) electrons. The molecule has 1 atom stereocenters. The number of aliphatic imine (C=N–C) groups is 1. The quantitative estimate of drug-likeness (QED) is 0.469. The maximum absolute atomic E-state index is 4.34. The maximum atomic E-state index is 4.34. The first-order chi connectivity index (χ1) is 7.90. The molecule has 4 N–H and O–H groups in total. The van der Waals surface area contributed by atoms with Crippen molar-refractivity contribution in [3.8, 4) is 0 Å². The van der Waals surface area contributed by atoms with E-state index in [9.17, 15) is 0 Å². The summed E-state index contributed by atoms with van der Waals surface area (Å²) >= 11 is 0. The monoisotopic (exact) mass is 223 g/mol. The lowest BCUT2D eigenvalue weighted by Crippen LogP contribution is -2.49. The Kier molecular flexibility index (Phi) is 4.18. The number of fused-ring (bicyclic) bond motifs is 1. The molecule has 0 aromatic rings. The van der Waals surface area contributed by atoms with Crippen LogP contribution < -0.4 is 21.3 Å². The molecule has 0 bridgehead atoms. The number of nitrogens with one attached hydrogen (secondary N) is 4. The molecule has 0 aromatic carbocycles. The lowest BCUT2D eigenvalue weighted by molar-refractivity contribution is 0.472. The third-order valence-electron chi connectivity index (χ3n) is 2.75. The summed E-state index contributed by atoms with van der Waals surface area (Å²) < 4.78 is 0. The summed E-state index contributed by atoms with van der Waals surface area (Å²) in [4.78, 5) is 4.34. The number of nitrogens with zero attached hydrogens (tertiary/aromatic N) is 1. The van der Waals surface area contributed by atoms with E-state index < -0.39 is 0 Å². The number of hydrogen-bond acceptors (Lipinski definition) is 5. The zero-order valence-electron chi connectivity index (χ0n) is 9.84. The van der Waals surface area contributed by atoms with Crippen molar-refractivity contribution >= 4 is 5.84 Å². The summed E-state index contributed by atoms with van der Waals surface area (Å²) in [6, 6.07) is 0. The van der Waals surface area contributed by atoms with Crippen LogP contribution in [0.15, 0.2) is 16.8 Å². The fourth-order valence-electron chi connectivity index (χ4n) is 1.90. The summed E-state index contributed by atoms with van der Waals surface area (Å²) in [7, 11) is 0. The molecule has 16 heavy (non-hydrogen) atoms. The molecule has 0 amide bonds. The second-order valence-electron chi connectivity index (χ2n) is 4.10. The van der Waals surface area contributed by atoms with Gasteiger partial charge in [0.05, 0.1) is 11.9 Å². The van der Waals surface area contributed by atoms with Crippen molar-refractivity contribution in [1.82, 2.24) is 21.3 Å². The van der Waals surface area contributed by atoms with Gasteiger partial charge in [0.1, 0.15) is 12.5 Å². The van der Waals surface area contributed by atoms with Gasteiger partial charge in [-0.05, 0) is 13.0 Å². The van der Waals surface area contributed by atoms with Crippen molar-refractivity contribution in [3.05, 3.63) is 11.8 Å². The van der Waals surface area contributed by atoms with Gasteiger partial charge in [-0.1, -0.05) is 13.0 Å². The number of rotatable bonds is 6. The van der Waals surface area contributed by atoms with Crippen molar-refractivity contribution in [2.45, 2.75) is 25.9 Å². The fraction of sp³-hybridized carbons (Fsp3) is 0.727. The molecule has 2 heterocycles. The summed E-state index contributed by atoms with van der Waals surface area (Å²) in [5.74, 6) is 1.00. The number of amidine groups is 1. The maximum Gasteiger partial charge on any atom is 0.147 e. The average molecular weight is 223 g/mol. The van der Waals surface area contributed by atoms with Crippen molar-refractivity contribution in [3.63, 3.8) is 0 Å². The minimum Gasteiger partial charge on any atom is -0.363 e. The highest BCUT2D eigenvalue weighted by atomic mass is 15.2. The molecule has 5 nitrogen and oxygen atoms in total. The molecule has 2 aliphatic heterocycles. The molecule has 0 aliphatic carbocycles. The Hall–Kier alpha value is -1.07. The third-order valence-corrected chi connectivity index (χ3v) is 2.75. The smallest absolute Gasteiger partial charge is 0.147 e. The molecular weight excluding hydrogens is 202 g/mol. The molecule has 2 rings (SSSR count). The minimum atomic E-state index is 0.325. The molecule has 90 valence electrons. The summed E-state index contributed by atoms with van der Waals surface area (Å²) in [5.41, 5.74) is 1.15. The van der Waals surface area contributed by atoms with E-state index in [-0.39, 0.29) is 0 Å². The van der Waals surface area contributed by atoms with Crippen LogP contribution in [0.4, 0.5) is 0 Å². The Bertz CT molecular complexity index is 284. The Labute approximate surface area is 96.8 Å². The van der Waals surface area contributed by atoms with E-state index in [0.29, 0.717) is 12.8 Å². The van der Waals surface area contributed by atoms with Gasteiger partial charge in [0, 0.05) is 19.5 Å². The first-order valence-corrected chi connectivity index (χ1v) is 6.09. The van der Waals surface area contributed by atoms with Gasteiger partial charge in [0.15, 0.2) is 0 Å². The van der Waals surface area contributed by atoms with E-state index in [1.807, 2.05) is 0 Å². The summed E-state index contributed by atoms with van der Waals surface area (Å²) in [5, 5.41) is 13.4. The van der Waals surface area contributed by atoms with Crippen molar-refractivity contribution < 1.29 is 0 Å². The van der Waals surface area contributed by atoms with Gasteiger partial charge in [-0.15, -0.1) is 0 Å². The second-order valence-corrected chi connectivity index (χ2v) is 4.10. The molecule has 0 aromatic heterocycles. The Balaban J connectivity index is 1.65. The third kappa shape index (κ3) is 2.96. The van der Waals surface area contributed by atoms with Crippen molar-refractivity contribution in [1.29, 1.82) is 0 Å². The topological polar surface area (TPSA) is 60.5 Å². The molecule has 1 unspecified atom stereocenters. The fourth-order valence-corrected chi connectivity index (χ4v) is 1.90. The highest BCUT2D eigenvalue weighted by Gasteiger charge is 2.20. The SMILES string of the molecule is CCCNCCNC1CC=C2NCN=C2N1. The Morgan fingerprint density at radius 3 is 3.25 bits per heavy atom. The van der Waals surface area contributed by atoms with Gasteiger partial charge in [0.2, 0.25) is 0 Å². The first-order valence-electron chi connectivity index (χ1n) is 6.09. The summed E-state index contributed by atoms with van der Waals surface area (Å²) in [6.45, 7) is 5.99. The van der Waals surface area contributed by atoms with Crippen LogP contribution >= 0.6 is 0 Å². The molecule has 0 fully saturated rings. The van der Waals surface area contributed by atoms with Crippen molar-refractivity contribution in [2.24, 2.45) is 4.99 Å². The Morgan fingerprint density at radius 1 is 1.44 bits per heavy atom. The van der Waals surface area contributed by atoms with Crippen LogP contribution in [0.3, 0.4) is 0 Å². The normalized spacial score (nSPS) is 22.9. The van der Waals surface area contributed by atoms with Crippen LogP contribution in [0.1, 0.15) is 19.8 Å². The molecule has 0 spiro atoms. The highest BCUT2D eigenvalue weighted by Crippen LogP contribution is 2.08. The van der Waals surface area contributed by atoms with Crippen LogP contribution in [-0.2, 0) is 0 Å². The average Bonchev–Trinajstić information content (AvgIpc) is 2.76. The Morgan fingerprint density at radius 2 is 2.38 bits per heavy atom. The zero-order valence-corrected chi connectivity index (χ0v) is 9.84. The van der Waals surface area contributed by atoms with Crippen LogP contribution in [0.5, 0.6) is 0 Å². The second kappa shape index (κ2) is 5.86. The number of hydrogen-bond donors (Lipinski definition) is 4. The molecular formula is C11H21N5. The molecule has 0 saturated carbocycles. The lowest BCUT2D eigenvalue weighted by Gasteiger charge is -2.24. The van der Waals surface area contributed by atoms with Crippen molar-refractivity contribution in [2.75, 3.05) is 26.3 Å². The van der Waals surface area contributed by atoms with Crippen LogP contribution in [-0.4, -0.2) is 38.3 Å². The van der Waals surface area contributed by atoms with E-state index in [1.54, 1.807) is 0 Å². The van der Waals surface area contributed by atoms with Gasteiger partial charge < -0.3 is 16.0 Å². The largest absolute Gasteiger partial charge is 0.363 e. The van der Waals surface area contributed by atoms with Crippen LogP contribution in [0.25, 0.3) is 0 Å². The molecule has 5 heteroatoms. The predicted octanol–water partition coefficient (Wildman–Crippen LogP) is -0.262. The highest BCUT2D eigenvalue weighted by molar-refractivity contribution is 6.00. The van der Waals surface area contributed by atoms with E-state index in [4.69, 9.17) is 0 Å². The van der Waals surface area contributed by atoms with Gasteiger partial charge in [-0.25, -0.2) is 4.99 Å². The van der Waals surface area contributed by atoms with E-state index in [2.05, 4.69) is 39.3 Å². The molecule has 2 aliphatic rings. The van der Waals surface area contributed by atoms with Gasteiger partial charge >= 0.3 is 0 Å². The molecule has 0 saturated heterocycles. The lowest BCUT2D eigenvalue weighted by atomic mass is 10.2. The standard InChI is InChI=1S/C11H21N5/c1-2-5-12-6-7-13-10-4-3-9-11(16-10)15-8-14-9/h3,10,12-14H,2,4-8H2,1H3,(H,15,16). The van der Waals surface area contributed by atoms with Gasteiger partial charge in [-0.3, -0.25) is 5.32 Å².